The Kier molecular flexibility index (Phi) is 9.27. The fourth-order valence-electron chi connectivity index (χ4n) is 10.1. The number of nitrogens with zero attached hydrogens (tertiary/aromatic N) is 3. The van der Waals surface area contributed by atoms with E-state index in [1.54, 1.807) is 0 Å². The van der Waals surface area contributed by atoms with E-state index in [2.05, 4.69) is 269 Å². The van der Waals surface area contributed by atoms with Gasteiger partial charge in [0.2, 0.25) is 0 Å². The lowest BCUT2D eigenvalue weighted by Gasteiger charge is -2.46. The van der Waals surface area contributed by atoms with Crippen LogP contribution in [-0.4, -0.2) is 6.71 Å². The second-order valence-electron chi connectivity index (χ2n) is 16.5. The fourth-order valence-corrected chi connectivity index (χ4v) is 10.1. The number of hydrogen-bond acceptors (Lipinski definition) is 3. The average molecular weight is 816 g/mol. The standard InChI is InChI=1S/C60H42BN3/c1-7-21-43(22-8-1)44-37-39-50(40-38-44)64-55-36-20-34-53(46-25-11-3-12-26-46)59(55)61-58-52(45-23-9-2-10-24-45)33-19-35-54(58)63(49-31-17-6-18-32-49)56-41-51(42-57(64)60(56)61)62(47-27-13-4-14-28-47)48-29-15-5-16-30-48/h1-42H. The molecule has 64 heavy (non-hydrogen) atoms. The van der Waals surface area contributed by atoms with Crippen LogP contribution in [-0.2, 0) is 0 Å². The average Bonchev–Trinajstić information content (AvgIpc) is 3.37. The van der Waals surface area contributed by atoms with E-state index < -0.39 is 0 Å². The first kappa shape index (κ1) is 37.4. The summed E-state index contributed by atoms with van der Waals surface area (Å²) in [7, 11) is 0. The molecule has 0 saturated heterocycles. The Balaban J connectivity index is 1.22. The summed E-state index contributed by atoms with van der Waals surface area (Å²) in [4.78, 5) is 7.45. The molecule has 0 spiro atoms. The van der Waals surface area contributed by atoms with E-state index in [4.69, 9.17) is 0 Å². The zero-order valence-electron chi connectivity index (χ0n) is 35.2. The lowest BCUT2D eigenvalue weighted by Crippen LogP contribution is -2.62. The number of fused-ring (bicyclic) bond motifs is 4. The van der Waals surface area contributed by atoms with Gasteiger partial charge in [0, 0.05) is 45.5 Å². The summed E-state index contributed by atoms with van der Waals surface area (Å²) < 4.78 is 0. The summed E-state index contributed by atoms with van der Waals surface area (Å²) in [5.74, 6) is 0. The van der Waals surface area contributed by atoms with E-state index in [1.807, 2.05) is 0 Å². The number of para-hydroxylation sites is 3. The van der Waals surface area contributed by atoms with Gasteiger partial charge in [-0.1, -0.05) is 182 Å². The minimum Gasteiger partial charge on any atom is -0.311 e. The van der Waals surface area contributed by atoms with Crippen LogP contribution in [0.5, 0.6) is 0 Å². The zero-order valence-corrected chi connectivity index (χ0v) is 35.2. The highest BCUT2D eigenvalue weighted by atomic mass is 15.2. The van der Waals surface area contributed by atoms with Crippen molar-refractivity contribution in [2.75, 3.05) is 14.7 Å². The molecule has 12 rings (SSSR count). The molecule has 2 aliphatic heterocycles. The first-order chi connectivity index (χ1) is 31.8. The molecule has 0 radical (unpaired) electrons. The van der Waals surface area contributed by atoms with Crippen molar-refractivity contribution in [3.63, 3.8) is 0 Å². The molecule has 0 N–H and O–H groups in total. The molecule has 3 nitrogen and oxygen atoms in total. The number of hydrogen-bond donors (Lipinski definition) is 0. The zero-order chi connectivity index (χ0) is 42.4. The van der Waals surface area contributed by atoms with Crippen LogP contribution in [0.1, 0.15) is 0 Å². The van der Waals surface area contributed by atoms with Gasteiger partial charge < -0.3 is 14.7 Å². The molecule has 2 heterocycles. The van der Waals surface area contributed by atoms with E-state index in [0.29, 0.717) is 0 Å². The van der Waals surface area contributed by atoms with Crippen molar-refractivity contribution in [1.82, 2.24) is 0 Å². The van der Waals surface area contributed by atoms with Crippen LogP contribution < -0.4 is 31.1 Å². The highest BCUT2D eigenvalue weighted by Gasteiger charge is 2.46. The van der Waals surface area contributed by atoms with Gasteiger partial charge in [-0.15, -0.1) is 0 Å². The highest BCUT2D eigenvalue weighted by molar-refractivity contribution is 7.02. The Morgan fingerprint density at radius 1 is 0.266 bits per heavy atom. The topological polar surface area (TPSA) is 9.72 Å². The Labute approximate surface area is 375 Å². The third-order valence-corrected chi connectivity index (χ3v) is 12.8. The van der Waals surface area contributed by atoms with Gasteiger partial charge in [0.05, 0.1) is 5.69 Å². The van der Waals surface area contributed by atoms with Crippen molar-refractivity contribution in [2.24, 2.45) is 0 Å². The van der Waals surface area contributed by atoms with Gasteiger partial charge in [-0.25, -0.2) is 0 Å². The van der Waals surface area contributed by atoms with E-state index in [1.165, 1.54) is 61.1 Å². The third kappa shape index (κ3) is 6.30. The van der Waals surface area contributed by atoms with E-state index in [9.17, 15) is 0 Å². The maximum atomic E-state index is 2.53. The van der Waals surface area contributed by atoms with Crippen molar-refractivity contribution >= 4 is 74.3 Å². The third-order valence-electron chi connectivity index (χ3n) is 12.8. The maximum absolute atomic E-state index is 2.53. The second-order valence-corrected chi connectivity index (χ2v) is 16.5. The Bertz CT molecular complexity index is 3210. The van der Waals surface area contributed by atoms with Crippen molar-refractivity contribution in [3.8, 4) is 33.4 Å². The second kappa shape index (κ2) is 15.8. The lowest BCUT2D eigenvalue weighted by atomic mass is 9.32. The molecule has 10 aromatic carbocycles. The van der Waals surface area contributed by atoms with Crippen LogP contribution in [0.4, 0.5) is 51.2 Å². The Morgan fingerprint density at radius 2 is 0.641 bits per heavy atom. The van der Waals surface area contributed by atoms with Gasteiger partial charge in [0.25, 0.3) is 6.71 Å². The normalized spacial score (nSPS) is 12.3. The predicted molar refractivity (Wildman–Crippen MR) is 271 cm³/mol. The van der Waals surface area contributed by atoms with Crippen LogP contribution >= 0.6 is 0 Å². The highest BCUT2D eigenvalue weighted by Crippen LogP contribution is 2.49. The predicted octanol–water partition coefficient (Wildman–Crippen LogP) is 14.2. The largest absolute Gasteiger partial charge is 0.311 e. The minimum absolute atomic E-state index is 0.112. The van der Waals surface area contributed by atoms with Crippen LogP contribution in [0.2, 0.25) is 0 Å². The summed E-state index contributed by atoms with van der Waals surface area (Å²) in [5.41, 5.74) is 21.2. The van der Waals surface area contributed by atoms with Gasteiger partial charge in [0.1, 0.15) is 0 Å². The van der Waals surface area contributed by atoms with Crippen LogP contribution in [0, 0.1) is 0 Å². The van der Waals surface area contributed by atoms with Crippen molar-refractivity contribution in [3.05, 3.63) is 255 Å². The number of rotatable bonds is 8. The van der Waals surface area contributed by atoms with Gasteiger partial charge in [0.15, 0.2) is 0 Å². The molecule has 0 atom stereocenters. The van der Waals surface area contributed by atoms with E-state index in [-0.39, 0.29) is 6.71 Å². The molecule has 0 aromatic heterocycles. The molecule has 0 bridgehead atoms. The van der Waals surface area contributed by atoms with Crippen LogP contribution in [0.25, 0.3) is 33.4 Å². The van der Waals surface area contributed by atoms with Crippen LogP contribution in [0.15, 0.2) is 255 Å². The summed E-state index contributed by atoms with van der Waals surface area (Å²) in [6, 6.07) is 92.8. The minimum atomic E-state index is -0.112. The maximum Gasteiger partial charge on any atom is 0.253 e. The fraction of sp³-hybridized carbons (Fsp3) is 0. The quantitative estimate of drug-likeness (QED) is 0.142. The summed E-state index contributed by atoms with van der Waals surface area (Å²) >= 11 is 0. The molecule has 0 unspecified atom stereocenters. The van der Waals surface area contributed by atoms with Gasteiger partial charge in [-0.05, 0) is 123 Å². The number of anilines is 9. The van der Waals surface area contributed by atoms with E-state index >= 15 is 0 Å². The first-order valence-corrected chi connectivity index (χ1v) is 22.1. The summed E-state index contributed by atoms with van der Waals surface area (Å²) in [6.45, 7) is -0.112. The summed E-state index contributed by atoms with van der Waals surface area (Å²) in [6.07, 6.45) is 0. The smallest absolute Gasteiger partial charge is 0.253 e. The first-order valence-electron chi connectivity index (χ1n) is 22.1. The lowest BCUT2D eigenvalue weighted by molar-refractivity contribution is 1.23. The monoisotopic (exact) mass is 815 g/mol. The van der Waals surface area contributed by atoms with Gasteiger partial charge in [-0.2, -0.15) is 0 Å². The molecule has 4 heteroatoms. The van der Waals surface area contributed by atoms with Crippen molar-refractivity contribution in [1.29, 1.82) is 0 Å². The molecule has 300 valence electrons. The van der Waals surface area contributed by atoms with Crippen molar-refractivity contribution in [2.45, 2.75) is 0 Å². The molecule has 0 fully saturated rings. The van der Waals surface area contributed by atoms with E-state index in [0.717, 1.165) is 39.8 Å². The molecule has 0 amide bonds. The summed E-state index contributed by atoms with van der Waals surface area (Å²) in [5, 5.41) is 0. The Hall–Kier alpha value is -8.34. The molecular weight excluding hydrogens is 773 g/mol. The SMILES string of the molecule is c1ccc(-c2ccc(N3c4cccc(-c5ccccc5)c4B4c5c(-c6ccccc6)cccc5N(c5ccccc5)c5cc(N(c6ccccc6)c6ccccc6)cc3c54)cc2)cc1. The van der Waals surface area contributed by atoms with Gasteiger partial charge >= 0.3 is 0 Å². The Morgan fingerprint density at radius 3 is 1.09 bits per heavy atom. The van der Waals surface area contributed by atoms with Crippen LogP contribution in [0.3, 0.4) is 0 Å². The molecular formula is C60H42BN3. The molecule has 10 aromatic rings. The molecule has 2 aliphatic rings. The van der Waals surface area contributed by atoms with Gasteiger partial charge in [-0.3, -0.25) is 0 Å². The van der Waals surface area contributed by atoms with Crippen molar-refractivity contribution < 1.29 is 0 Å². The number of benzene rings is 10. The molecule has 0 aliphatic carbocycles. The molecule has 0 saturated carbocycles.